The van der Waals surface area contributed by atoms with Crippen molar-refractivity contribution in [1.29, 1.82) is 0 Å². The average molecular weight is 343 g/mol. The van der Waals surface area contributed by atoms with Crippen LogP contribution < -0.4 is 5.56 Å². The fraction of sp³-hybridized carbons (Fsp3) is 0.214. The SMILES string of the molecule is Cn1c(C(F)(F)F)nc2ncn(Cc3ccccc3Cl)c2c1=O. The number of imidazole rings is 1. The molecule has 0 N–H and O–H groups in total. The molecule has 0 bridgehead atoms. The van der Waals surface area contributed by atoms with Crippen LogP contribution in [0.3, 0.4) is 0 Å². The van der Waals surface area contributed by atoms with Gasteiger partial charge < -0.3 is 4.57 Å². The highest BCUT2D eigenvalue weighted by atomic mass is 35.5. The van der Waals surface area contributed by atoms with E-state index in [1.165, 1.54) is 10.9 Å². The Hall–Kier alpha value is -2.35. The lowest BCUT2D eigenvalue weighted by atomic mass is 10.2. The molecule has 0 aliphatic heterocycles. The maximum Gasteiger partial charge on any atom is 0.449 e. The van der Waals surface area contributed by atoms with Crippen LogP contribution in [-0.4, -0.2) is 19.1 Å². The van der Waals surface area contributed by atoms with Gasteiger partial charge in [-0.3, -0.25) is 9.36 Å². The second kappa shape index (κ2) is 5.38. The van der Waals surface area contributed by atoms with Crippen molar-refractivity contribution >= 4 is 22.8 Å². The molecule has 1 aromatic carbocycles. The first-order chi connectivity index (χ1) is 10.8. The van der Waals surface area contributed by atoms with E-state index in [0.29, 0.717) is 9.59 Å². The van der Waals surface area contributed by atoms with Crippen LogP contribution in [0.15, 0.2) is 35.4 Å². The first-order valence-corrected chi connectivity index (χ1v) is 6.89. The van der Waals surface area contributed by atoms with Crippen LogP contribution in [0.25, 0.3) is 11.2 Å². The van der Waals surface area contributed by atoms with Crippen molar-refractivity contribution < 1.29 is 13.2 Å². The van der Waals surface area contributed by atoms with Gasteiger partial charge in [0.2, 0.25) is 5.82 Å². The molecular formula is C14H10ClF3N4O. The van der Waals surface area contributed by atoms with Crippen molar-refractivity contribution in [3.63, 3.8) is 0 Å². The first-order valence-electron chi connectivity index (χ1n) is 6.51. The summed E-state index contributed by atoms with van der Waals surface area (Å²) >= 11 is 6.07. The summed E-state index contributed by atoms with van der Waals surface area (Å²) in [6, 6.07) is 6.98. The fourth-order valence-electron chi connectivity index (χ4n) is 2.29. The fourth-order valence-corrected chi connectivity index (χ4v) is 2.48. The Morgan fingerprint density at radius 2 is 1.96 bits per heavy atom. The Bertz CT molecular complexity index is 945. The lowest BCUT2D eigenvalue weighted by Gasteiger charge is -2.11. The molecule has 3 rings (SSSR count). The number of hydrogen-bond donors (Lipinski definition) is 0. The zero-order chi connectivity index (χ0) is 16.8. The number of rotatable bonds is 2. The molecule has 0 saturated heterocycles. The second-order valence-corrected chi connectivity index (χ2v) is 5.34. The van der Waals surface area contributed by atoms with Gasteiger partial charge in [0.15, 0.2) is 11.2 Å². The Morgan fingerprint density at radius 1 is 1.26 bits per heavy atom. The zero-order valence-electron chi connectivity index (χ0n) is 11.8. The summed E-state index contributed by atoms with van der Waals surface area (Å²) in [5.41, 5.74) is -0.338. The third-order valence-electron chi connectivity index (χ3n) is 3.41. The van der Waals surface area contributed by atoms with Gasteiger partial charge in [-0.25, -0.2) is 9.97 Å². The molecule has 5 nitrogen and oxygen atoms in total. The van der Waals surface area contributed by atoms with Crippen LogP contribution in [0.1, 0.15) is 11.4 Å². The largest absolute Gasteiger partial charge is 0.449 e. The van der Waals surface area contributed by atoms with E-state index in [0.717, 1.165) is 12.6 Å². The molecule has 2 heterocycles. The van der Waals surface area contributed by atoms with Crippen molar-refractivity contribution in [2.75, 3.05) is 0 Å². The minimum atomic E-state index is -4.73. The van der Waals surface area contributed by atoms with Gasteiger partial charge in [0.1, 0.15) is 0 Å². The van der Waals surface area contributed by atoms with Gasteiger partial charge in [0, 0.05) is 12.1 Å². The highest BCUT2D eigenvalue weighted by Crippen LogP contribution is 2.27. The molecule has 0 saturated carbocycles. The van der Waals surface area contributed by atoms with Crippen molar-refractivity contribution in [2.45, 2.75) is 12.7 Å². The smallest absolute Gasteiger partial charge is 0.320 e. The van der Waals surface area contributed by atoms with Crippen LogP contribution >= 0.6 is 11.6 Å². The van der Waals surface area contributed by atoms with Gasteiger partial charge >= 0.3 is 6.18 Å². The topological polar surface area (TPSA) is 52.7 Å². The number of alkyl halides is 3. The Kier molecular flexibility index (Phi) is 3.63. The van der Waals surface area contributed by atoms with Crippen LogP contribution in [0.5, 0.6) is 0 Å². The van der Waals surface area contributed by atoms with E-state index in [4.69, 9.17) is 11.6 Å². The third kappa shape index (κ3) is 2.70. The van der Waals surface area contributed by atoms with E-state index in [1.54, 1.807) is 24.3 Å². The lowest BCUT2D eigenvalue weighted by Crippen LogP contribution is -2.28. The molecule has 0 fully saturated rings. The van der Waals surface area contributed by atoms with Gasteiger partial charge in [-0.05, 0) is 11.6 Å². The molecule has 120 valence electrons. The third-order valence-corrected chi connectivity index (χ3v) is 3.78. The molecule has 9 heteroatoms. The van der Waals surface area contributed by atoms with E-state index >= 15 is 0 Å². The molecule has 2 aromatic heterocycles. The predicted octanol–water partition coefficient (Wildman–Crippen LogP) is 2.85. The second-order valence-electron chi connectivity index (χ2n) is 4.93. The molecule has 0 unspecified atom stereocenters. The van der Waals surface area contributed by atoms with E-state index < -0.39 is 17.6 Å². The number of aromatic nitrogens is 4. The van der Waals surface area contributed by atoms with E-state index in [2.05, 4.69) is 9.97 Å². The zero-order valence-corrected chi connectivity index (χ0v) is 12.6. The van der Waals surface area contributed by atoms with Crippen LogP contribution in [0.4, 0.5) is 13.2 Å². The van der Waals surface area contributed by atoms with Gasteiger partial charge in [-0.2, -0.15) is 13.2 Å². The monoisotopic (exact) mass is 342 g/mol. The van der Waals surface area contributed by atoms with Gasteiger partial charge in [0.25, 0.3) is 5.56 Å². The summed E-state index contributed by atoms with van der Waals surface area (Å²) in [6.45, 7) is 0.207. The Labute approximate surface area is 133 Å². The Balaban J connectivity index is 2.17. The van der Waals surface area contributed by atoms with Gasteiger partial charge in [-0.1, -0.05) is 29.8 Å². The van der Waals surface area contributed by atoms with Crippen molar-refractivity contribution in [2.24, 2.45) is 7.05 Å². The highest BCUT2D eigenvalue weighted by molar-refractivity contribution is 6.31. The summed E-state index contributed by atoms with van der Waals surface area (Å²) in [7, 11) is 1.03. The lowest BCUT2D eigenvalue weighted by molar-refractivity contribution is -0.147. The summed E-state index contributed by atoms with van der Waals surface area (Å²) < 4.78 is 40.6. The maximum atomic E-state index is 12.9. The molecule has 0 spiro atoms. The maximum absolute atomic E-state index is 12.9. The van der Waals surface area contributed by atoms with Gasteiger partial charge in [0.05, 0.1) is 12.9 Å². The van der Waals surface area contributed by atoms with Crippen molar-refractivity contribution in [3.05, 3.63) is 57.4 Å². The number of halogens is 4. The summed E-state index contributed by atoms with van der Waals surface area (Å²) in [4.78, 5) is 19.6. The standard InChI is InChI=1S/C14H10ClF3N4O/c1-21-12(23)10-11(20-13(21)14(16,17)18)19-7-22(10)6-8-4-2-3-5-9(8)15/h2-5,7H,6H2,1H3. The summed E-state index contributed by atoms with van der Waals surface area (Å²) in [5.74, 6) is -1.28. The first kappa shape index (κ1) is 15.5. The minimum Gasteiger partial charge on any atom is -0.320 e. The number of nitrogens with zero attached hydrogens (tertiary/aromatic N) is 4. The van der Waals surface area contributed by atoms with Crippen LogP contribution in [-0.2, 0) is 19.8 Å². The van der Waals surface area contributed by atoms with Crippen LogP contribution in [0.2, 0.25) is 5.02 Å². The van der Waals surface area contributed by atoms with Crippen molar-refractivity contribution in [3.8, 4) is 0 Å². The predicted molar refractivity (Wildman–Crippen MR) is 78.3 cm³/mol. The normalized spacial score (nSPS) is 12.0. The molecular weight excluding hydrogens is 333 g/mol. The molecule has 0 aliphatic carbocycles. The number of hydrogen-bond acceptors (Lipinski definition) is 3. The summed E-state index contributed by atoms with van der Waals surface area (Å²) in [6.07, 6.45) is -3.45. The quantitative estimate of drug-likeness (QED) is 0.719. The molecule has 0 aliphatic rings. The van der Waals surface area contributed by atoms with Gasteiger partial charge in [-0.15, -0.1) is 0 Å². The van der Waals surface area contributed by atoms with Crippen molar-refractivity contribution in [1.82, 2.24) is 19.1 Å². The molecule has 0 atom stereocenters. The van der Waals surface area contributed by atoms with E-state index in [9.17, 15) is 18.0 Å². The van der Waals surface area contributed by atoms with Crippen LogP contribution in [0, 0.1) is 0 Å². The molecule has 3 aromatic rings. The highest BCUT2D eigenvalue weighted by Gasteiger charge is 2.37. The number of benzene rings is 1. The Morgan fingerprint density at radius 3 is 2.61 bits per heavy atom. The molecule has 0 radical (unpaired) electrons. The van der Waals surface area contributed by atoms with E-state index in [-0.39, 0.29) is 17.7 Å². The molecule has 0 amide bonds. The summed E-state index contributed by atoms with van der Waals surface area (Å²) in [5, 5.41) is 0.492. The average Bonchev–Trinajstić information content (AvgIpc) is 2.87. The van der Waals surface area contributed by atoms with E-state index in [1.807, 2.05) is 0 Å². The molecule has 23 heavy (non-hydrogen) atoms. The minimum absolute atomic E-state index is 0.000389. The number of fused-ring (bicyclic) bond motifs is 1.